The first-order chi connectivity index (χ1) is 11.4. The molecule has 0 unspecified atom stereocenters. The van der Waals surface area contributed by atoms with Gasteiger partial charge in [-0.2, -0.15) is 4.31 Å². The van der Waals surface area contributed by atoms with Crippen molar-refractivity contribution in [2.24, 2.45) is 0 Å². The minimum Gasteiger partial charge on any atom is -0.352 e. The summed E-state index contributed by atoms with van der Waals surface area (Å²) >= 11 is 5.90. The predicted octanol–water partition coefficient (Wildman–Crippen LogP) is 1.31. The van der Waals surface area contributed by atoms with Gasteiger partial charge in [0.1, 0.15) is 0 Å². The topological polar surface area (TPSA) is 69.7 Å². The van der Waals surface area contributed by atoms with Crippen LogP contribution in [0.2, 0.25) is 5.02 Å². The molecule has 1 saturated carbocycles. The quantitative estimate of drug-likeness (QED) is 0.847. The highest BCUT2D eigenvalue weighted by atomic mass is 35.5. The van der Waals surface area contributed by atoms with Crippen LogP contribution < -0.4 is 5.32 Å². The van der Waals surface area contributed by atoms with E-state index in [2.05, 4.69) is 5.32 Å². The van der Waals surface area contributed by atoms with Gasteiger partial charge >= 0.3 is 0 Å². The normalized spacial score (nSPS) is 21.4. The molecule has 1 aliphatic carbocycles. The highest BCUT2D eigenvalue weighted by molar-refractivity contribution is 7.89. The number of rotatable bonds is 5. The fourth-order valence-electron chi connectivity index (χ4n) is 2.82. The third-order valence-electron chi connectivity index (χ3n) is 4.56. The lowest BCUT2D eigenvalue weighted by Gasteiger charge is -2.36. The van der Waals surface area contributed by atoms with Crippen molar-refractivity contribution >= 4 is 27.5 Å². The number of carbonyl (C=O) groups is 1. The Kier molecular flexibility index (Phi) is 5.15. The Hall–Kier alpha value is -1.15. The Bertz CT molecular complexity index is 713. The highest BCUT2D eigenvalue weighted by Gasteiger charge is 2.33. The lowest BCUT2D eigenvalue weighted by molar-refractivity contribution is -0.126. The van der Waals surface area contributed by atoms with Crippen LogP contribution in [0.1, 0.15) is 19.8 Å². The minimum atomic E-state index is -3.54. The Morgan fingerprint density at radius 2 is 1.92 bits per heavy atom. The molecule has 3 rings (SSSR count). The van der Waals surface area contributed by atoms with Crippen LogP contribution in [0.4, 0.5) is 0 Å². The molecule has 1 aromatic rings. The van der Waals surface area contributed by atoms with Crippen molar-refractivity contribution in [3.8, 4) is 0 Å². The maximum Gasteiger partial charge on any atom is 0.243 e. The van der Waals surface area contributed by atoms with Gasteiger partial charge in [-0.25, -0.2) is 8.42 Å². The zero-order valence-corrected chi connectivity index (χ0v) is 15.2. The fourth-order valence-corrected chi connectivity index (χ4v) is 4.55. The van der Waals surface area contributed by atoms with Crippen LogP contribution in [0.3, 0.4) is 0 Å². The van der Waals surface area contributed by atoms with E-state index in [0.29, 0.717) is 37.2 Å². The second kappa shape index (κ2) is 7.00. The molecule has 1 aromatic carbocycles. The molecule has 2 fully saturated rings. The molecule has 24 heavy (non-hydrogen) atoms. The second-order valence-electron chi connectivity index (χ2n) is 6.36. The molecular weight excluding hydrogens is 350 g/mol. The molecule has 1 atom stereocenters. The average molecular weight is 372 g/mol. The van der Waals surface area contributed by atoms with Crippen molar-refractivity contribution in [2.45, 2.75) is 36.7 Å². The summed E-state index contributed by atoms with van der Waals surface area (Å²) in [5.74, 6) is 0.0312. The number of hydrogen-bond donors (Lipinski definition) is 1. The van der Waals surface area contributed by atoms with Gasteiger partial charge < -0.3 is 5.32 Å². The summed E-state index contributed by atoms with van der Waals surface area (Å²) in [6.45, 7) is 3.70. The average Bonchev–Trinajstić information content (AvgIpc) is 3.38. The van der Waals surface area contributed by atoms with Crippen molar-refractivity contribution < 1.29 is 13.2 Å². The van der Waals surface area contributed by atoms with Crippen LogP contribution in [-0.4, -0.2) is 61.8 Å². The Morgan fingerprint density at radius 3 is 2.50 bits per heavy atom. The summed E-state index contributed by atoms with van der Waals surface area (Å²) in [7, 11) is -3.54. The molecule has 0 radical (unpaired) electrons. The SMILES string of the molecule is C[C@H](C(=O)NC1CC1)N1CCN(S(=O)(=O)c2cccc(Cl)c2)CC1. The van der Waals surface area contributed by atoms with Crippen molar-refractivity contribution in [1.29, 1.82) is 0 Å². The van der Waals surface area contributed by atoms with E-state index in [0.717, 1.165) is 12.8 Å². The predicted molar refractivity (Wildman–Crippen MR) is 92.4 cm³/mol. The van der Waals surface area contributed by atoms with Crippen LogP contribution in [0.5, 0.6) is 0 Å². The van der Waals surface area contributed by atoms with Crippen LogP contribution in [0, 0.1) is 0 Å². The Balaban J connectivity index is 1.60. The molecule has 0 aromatic heterocycles. The van der Waals surface area contributed by atoms with Crippen molar-refractivity contribution in [1.82, 2.24) is 14.5 Å². The van der Waals surface area contributed by atoms with Gasteiger partial charge in [0.25, 0.3) is 0 Å². The molecule has 8 heteroatoms. The summed E-state index contributed by atoms with van der Waals surface area (Å²) in [6, 6.07) is 6.41. The van der Waals surface area contributed by atoms with E-state index in [-0.39, 0.29) is 16.8 Å². The number of nitrogens with zero attached hydrogens (tertiary/aromatic N) is 2. The van der Waals surface area contributed by atoms with Gasteiger partial charge in [-0.15, -0.1) is 0 Å². The van der Waals surface area contributed by atoms with Gasteiger partial charge in [-0.1, -0.05) is 17.7 Å². The number of nitrogens with one attached hydrogen (secondary N) is 1. The van der Waals surface area contributed by atoms with E-state index in [1.165, 1.54) is 10.4 Å². The van der Waals surface area contributed by atoms with Gasteiger partial charge in [0.15, 0.2) is 0 Å². The summed E-state index contributed by atoms with van der Waals surface area (Å²) < 4.78 is 26.8. The molecule has 132 valence electrons. The maximum absolute atomic E-state index is 12.7. The van der Waals surface area contributed by atoms with Gasteiger partial charge in [-0.05, 0) is 38.0 Å². The zero-order valence-electron chi connectivity index (χ0n) is 13.6. The largest absolute Gasteiger partial charge is 0.352 e. The second-order valence-corrected chi connectivity index (χ2v) is 8.73. The number of piperazine rings is 1. The standard InChI is InChI=1S/C16H22ClN3O3S/c1-12(16(21)18-14-5-6-14)19-7-9-20(10-8-19)24(22,23)15-4-2-3-13(17)11-15/h2-4,11-12,14H,5-10H2,1H3,(H,18,21)/t12-/m1/s1. The van der Waals surface area contributed by atoms with Gasteiger partial charge in [0.2, 0.25) is 15.9 Å². The lowest BCUT2D eigenvalue weighted by atomic mass is 10.2. The molecule has 2 aliphatic rings. The Labute approximate surface area is 147 Å². The smallest absolute Gasteiger partial charge is 0.243 e. The molecule has 1 saturated heterocycles. The number of amides is 1. The minimum absolute atomic E-state index is 0.0312. The third kappa shape index (κ3) is 3.91. The summed E-state index contributed by atoms with van der Waals surface area (Å²) in [4.78, 5) is 14.4. The molecular formula is C16H22ClN3O3S. The highest BCUT2D eigenvalue weighted by Crippen LogP contribution is 2.22. The number of sulfonamides is 1. The molecule has 1 N–H and O–H groups in total. The number of carbonyl (C=O) groups excluding carboxylic acids is 1. The first kappa shape index (κ1) is 17.7. The van der Waals surface area contributed by atoms with E-state index >= 15 is 0 Å². The number of benzene rings is 1. The van der Waals surface area contributed by atoms with Gasteiger partial charge in [0.05, 0.1) is 10.9 Å². The lowest BCUT2D eigenvalue weighted by Crippen LogP contribution is -2.55. The van der Waals surface area contributed by atoms with Crippen LogP contribution in [0.25, 0.3) is 0 Å². The maximum atomic E-state index is 12.7. The number of halogens is 1. The molecule has 6 nitrogen and oxygen atoms in total. The molecule has 1 heterocycles. The number of hydrogen-bond acceptors (Lipinski definition) is 4. The molecule has 1 amide bonds. The summed E-state index contributed by atoms with van der Waals surface area (Å²) in [5.41, 5.74) is 0. The zero-order chi connectivity index (χ0) is 17.3. The summed E-state index contributed by atoms with van der Waals surface area (Å²) in [5, 5.41) is 3.40. The van der Waals surface area contributed by atoms with E-state index in [1.54, 1.807) is 18.2 Å². The van der Waals surface area contributed by atoms with E-state index in [4.69, 9.17) is 11.6 Å². The first-order valence-corrected chi connectivity index (χ1v) is 10.00. The first-order valence-electron chi connectivity index (χ1n) is 8.18. The summed E-state index contributed by atoms with van der Waals surface area (Å²) in [6.07, 6.45) is 2.12. The van der Waals surface area contributed by atoms with Gasteiger partial charge in [0, 0.05) is 37.2 Å². The molecule has 0 bridgehead atoms. The molecule has 0 spiro atoms. The van der Waals surface area contributed by atoms with E-state index < -0.39 is 10.0 Å². The van der Waals surface area contributed by atoms with Crippen molar-refractivity contribution in [3.63, 3.8) is 0 Å². The monoisotopic (exact) mass is 371 g/mol. The van der Waals surface area contributed by atoms with Crippen LogP contribution in [-0.2, 0) is 14.8 Å². The van der Waals surface area contributed by atoms with Crippen molar-refractivity contribution in [3.05, 3.63) is 29.3 Å². The third-order valence-corrected chi connectivity index (χ3v) is 6.69. The van der Waals surface area contributed by atoms with Crippen LogP contribution in [0.15, 0.2) is 29.2 Å². The molecule has 1 aliphatic heterocycles. The van der Waals surface area contributed by atoms with Crippen molar-refractivity contribution in [2.75, 3.05) is 26.2 Å². The van der Waals surface area contributed by atoms with Crippen LogP contribution >= 0.6 is 11.6 Å². The van der Waals surface area contributed by atoms with Gasteiger partial charge in [-0.3, -0.25) is 9.69 Å². The van der Waals surface area contributed by atoms with E-state index in [1.807, 2.05) is 11.8 Å². The van der Waals surface area contributed by atoms with E-state index in [9.17, 15) is 13.2 Å². The fraction of sp³-hybridized carbons (Fsp3) is 0.562. The Morgan fingerprint density at radius 1 is 1.25 bits per heavy atom.